The molecule has 0 spiro atoms. The van der Waals surface area contributed by atoms with Crippen LogP contribution in [-0.4, -0.2) is 97.3 Å². The molecule has 1 aliphatic rings. The van der Waals surface area contributed by atoms with Crippen molar-refractivity contribution in [1.29, 1.82) is 0 Å². The van der Waals surface area contributed by atoms with Crippen LogP contribution in [-0.2, 0) is 23.7 Å². The highest BCUT2D eigenvalue weighted by atomic mass is 16.7. The molecular formula is C16H31NO9. The van der Waals surface area contributed by atoms with Crippen LogP contribution in [0.5, 0.6) is 0 Å². The SMILES string of the molecule is O=C(CCCCOC1CC(O)[C@@H](O)[C@@H](CO)O1)NCCOCCOCO. The van der Waals surface area contributed by atoms with Crippen molar-refractivity contribution in [2.24, 2.45) is 0 Å². The van der Waals surface area contributed by atoms with E-state index in [0.29, 0.717) is 52.2 Å². The lowest BCUT2D eigenvalue weighted by molar-refractivity contribution is -0.256. The van der Waals surface area contributed by atoms with Crippen LogP contribution in [0, 0.1) is 0 Å². The molecule has 2 unspecified atom stereocenters. The number of aliphatic hydroxyl groups excluding tert-OH is 4. The molecule has 1 amide bonds. The van der Waals surface area contributed by atoms with Gasteiger partial charge < -0.3 is 44.7 Å². The molecule has 0 saturated carbocycles. The number of carbonyl (C=O) groups is 1. The van der Waals surface area contributed by atoms with E-state index in [1.54, 1.807) is 0 Å². The molecule has 0 aromatic rings. The van der Waals surface area contributed by atoms with Gasteiger partial charge in [-0.25, -0.2) is 0 Å². The van der Waals surface area contributed by atoms with Crippen LogP contribution in [0.2, 0.25) is 0 Å². The zero-order chi connectivity index (χ0) is 19.2. The van der Waals surface area contributed by atoms with Gasteiger partial charge in [0.25, 0.3) is 0 Å². The third kappa shape index (κ3) is 9.74. The van der Waals surface area contributed by atoms with Crippen molar-refractivity contribution in [2.45, 2.75) is 50.3 Å². The Kier molecular flexibility index (Phi) is 12.7. The molecular weight excluding hydrogens is 350 g/mol. The maximum absolute atomic E-state index is 11.6. The molecule has 1 aliphatic heterocycles. The summed E-state index contributed by atoms with van der Waals surface area (Å²) in [6.45, 7) is 1.09. The quantitative estimate of drug-likeness (QED) is 0.172. The molecule has 0 bridgehead atoms. The number of amides is 1. The summed E-state index contributed by atoms with van der Waals surface area (Å²) in [7, 11) is 0. The van der Waals surface area contributed by atoms with Crippen molar-refractivity contribution in [2.75, 3.05) is 46.4 Å². The van der Waals surface area contributed by atoms with E-state index in [9.17, 15) is 15.0 Å². The minimum absolute atomic E-state index is 0.0759. The first-order valence-electron chi connectivity index (χ1n) is 8.85. The molecule has 10 nitrogen and oxygen atoms in total. The Morgan fingerprint density at radius 3 is 2.58 bits per heavy atom. The molecule has 26 heavy (non-hydrogen) atoms. The molecule has 1 rings (SSSR count). The molecule has 0 aliphatic carbocycles. The van der Waals surface area contributed by atoms with Crippen LogP contribution in [0.3, 0.4) is 0 Å². The van der Waals surface area contributed by atoms with E-state index in [4.69, 9.17) is 24.4 Å². The number of aliphatic hydroxyl groups is 4. The number of rotatable bonds is 14. The third-order valence-electron chi connectivity index (χ3n) is 3.85. The van der Waals surface area contributed by atoms with Crippen LogP contribution in [0.1, 0.15) is 25.7 Å². The maximum Gasteiger partial charge on any atom is 0.220 e. The Morgan fingerprint density at radius 1 is 1.08 bits per heavy atom. The van der Waals surface area contributed by atoms with Crippen LogP contribution < -0.4 is 5.32 Å². The first-order chi connectivity index (χ1) is 12.6. The summed E-state index contributed by atoms with van der Waals surface area (Å²) in [6, 6.07) is 0. The van der Waals surface area contributed by atoms with Gasteiger partial charge in [0.05, 0.1) is 32.5 Å². The number of hydrogen-bond acceptors (Lipinski definition) is 9. The Bertz CT molecular complexity index is 372. The largest absolute Gasteiger partial charge is 0.394 e. The van der Waals surface area contributed by atoms with Gasteiger partial charge in [0.1, 0.15) is 19.0 Å². The molecule has 1 fully saturated rings. The van der Waals surface area contributed by atoms with E-state index in [-0.39, 0.29) is 19.1 Å². The lowest BCUT2D eigenvalue weighted by Gasteiger charge is -2.36. The zero-order valence-electron chi connectivity index (χ0n) is 14.9. The molecule has 5 N–H and O–H groups in total. The predicted molar refractivity (Wildman–Crippen MR) is 89.0 cm³/mol. The fraction of sp³-hybridized carbons (Fsp3) is 0.938. The normalized spacial score (nSPS) is 26.0. The summed E-state index contributed by atoms with van der Waals surface area (Å²) in [4.78, 5) is 11.6. The highest BCUT2D eigenvalue weighted by Crippen LogP contribution is 2.21. The van der Waals surface area contributed by atoms with Gasteiger partial charge in [-0.2, -0.15) is 0 Å². The Hall–Kier alpha value is -0.850. The van der Waals surface area contributed by atoms with Crippen molar-refractivity contribution in [1.82, 2.24) is 5.32 Å². The van der Waals surface area contributed by atoms with Crippen molar-refractivity contribution in [3.8, 4) is 0 Å². The van der Waals surface area contributed by atoms with E-state index in [1.807, 2.05) is 0 Å². The Morgan fingerprint density at radius 2 is 1.85 bits per heavy atom. The highest BCUT2D eigenvalue weighted by molar-refractivity contribution is 5.75. The van der Waals surface area contributed by atoms with Gasteiger partial charge in [-0.3, -0.25) is 4.79 Å². The van der Waals surface area contributed by atoms with Gasteiger partial charge in [0.15, 0.2) is 6.29 Å². The Labute approximate surface area is 153 Å². The van der Waals surface area contributed by atoms with Crippen LogP contribution in [0.4, 0.5) is 0 Å². The number of ether oxygens (including phenoxy) is 4. The van der Waals surface area contributed by atoms with E-state index in [1.165, 1.54) is 0 Å². The smallest absolute Gasteiger partial charge is 0.220 e. The predicted octanol–water partition coefficient (Wildman–Crippen LogP) is -1.90. The topological polar surface area (TPSA) is 147 Å². The molecule has 0 aromatic heterocycles. The summed E-state index contributed by atoms with van der Waals surface area (Å²) in [6.07, 6.45) is -1.85. The van der Waals surface area contributed by atoms with Gasteiger partial charge >= 0.3 is 0 Å². The van der Waals surface area contributed by atoms with Gasteiger partial charge in [-0.05, 0) is 12.8 Å². The maximum atomic E-state index is 11.6. The van der Waals surface area contributed by atoms with E-state index in [0.717, 1.165) is 0 Å². The third-order valence-corrected chi connectivity index (χ3v) is 3.85. The minimum Gasteiger partial charge on any atom is -0.394 e. The van der Waals surface area contributed by atoms with E-state index >= 15 is 0 Å². The molecule has 1 saturated heterocycles. The monoisotopic (exact) mass is 381 g/mol. The highest BCUT2D eigenvalue weighted by Gasteiger charge is 2.36. The Balaban J connectivity index is 1.97. The number of hydrogen-bond donors (Lipinski definition) is 5. The lowest BCUT2D eigenvalue weighted by atomic mass is 10.0. The second-order valence-corrected chi connectivity index (χ2v) is 5.91. The fourth-order valence-electron chi connectivity index (χ4n) is 2.41. The molecule has 0 aromatic carbocycles. The molecule has 1 heterocycles. The molecule has 154 valence electrons. The summed E-state index contributed by atoms with van der Waals surface area (Å²) in [5, 5.41) is 39.5. The number of carbonyl (C=O) groups excluding carboxylic acids is 1. The number of nitrogens with one attached hydrogen (secondary N) is 1. The average molecular weight is 381 g/mol. The summed E-state index contributed by atoms with van der Waals surface area (Å²) in [5.74, 6) is -0.0759. The van der Waals surface area contributed by atoms with Crippen molar-refractivity contribution < 1.29 is 44.2 Å². The summed E-state index contributed by atoms with van der Waals surface area (Å²) < 4.78 is 20.7. The zero-order valence-corrected chi connectivity index (χ0v) is 14.9. The average Bonchev–Trinajstić information content (AvgIpc) is 2.63. The van der Waals surface area contributed by atoms with Crippen molar-refractivity contribution in [3.05, 3.63) is 0 Å². The van der Waals surface area contributed by atoms with Gasteiger partial charge in [-0.1, -0.05) is 0 Å². The van der Waals surface area contributed by atoms with Crippen LogP contribution in [0.25, 0.3) is 0 Å². The summed E-state index contributed by atoms with van der Waals surface area (Å²) >= 11 is 0. The fourth-order valence-corrected chi connectivity index (χ4v) is 2.41. The first-order valence-corrected chi connectivity index (χ1v) is 8.85. The van der Waals surface area contributed by atoms with Gasteiger partial charge in [0, 0.05) is 26.0 Å². The second-order valence-electron chi connectivity index (χ2n) is 5.91. The van der Waals surface area contributed by atoms with Crippen molar-refractivity contribution in [3.63, 3.8) is 0 Å². The molecule has 4 atom stereocenters. The first kappa shape index (κ1) is 23.2. The number of unbranched alkanes of at least 4 members (excludes halogenated alkanes) is 1. The minimum atomic E-state index is -1.12. The van der Waals surface area contributed by atoms with Crippen LogP contribution >= 0.6 is 0 Å². The lowest BCUT2D eigenvalue weighted by Crippen LogP contribution is -2.50. The van der Waals surface area contributed by atoms with Gasteiger partial charge in [0.2, 0.25) is 5.91 Å². The summed E-state index contributed by atoms with van der Waals surface area (Å²) in [5.41, 5.74) is 0. The molecule has 0 radical (unpaired) electrons. The van der Waals surface area contributed by atoms with E-state index < -0.39 is 31.2 Å². The van der Waals surface area contributed by atoms with E-state index in [2.05, 4.69) is 10.1 Å². The standard InChI is InChI=1S/C16H31NO9/c18-10-13-16(22)12(20)9-15(26-13)25-5-2-1-3-14(21)17-4-6-23-7-8-24-11-19/h12-13,15-16,18-20,22H,1-11H2,(H,17,21)/t12?,13-,15?,16-/m1/s1. The van der Waals surface area contributed by atoms with Gasteiger partial charge in [-0.15, -0.1) is 0 Å². The second kappa shape index (κ2) is 14.2. The van der Waals surface area contributed by atoms with Crippen LogP contribution in [0.15, 0.2) is 0 Å². The molecule has 10 heteroatoms. The van der Waals surface area contributed by atoms with Crippen molar-refractivity contribution >= 4 is 5.91 Å².